The Kier molecular flexibility index (Phi) is 4.85. The van der Waals surface area contributed by atoms with Crippen molar-refractivity contribution in [2.45, 2.75) is 30.8 Å². The lowest BCUT2D eigenvalue weighted by molar-refractivity contribution is 0.0157. The first kappa shape index (κ1) is 16.2. The maximum atomic E-state index is 14.0. The summed E-state index contributed by atoms with van der Waals surface area (Å²) in [7, 11) is 1.16. The minimum absolute atomic E-state index is 0.000733. The van der Waals surface area contributed by atoms with Gasteiger partial charge in [-0.1, -0.05) is 0 Å². The molecule has 1 aromatic carbocycles. The Labute approximate surface area is 126 Å². The van der Waals surface area contributed by atoms with E-state index in [1.54, 1.807) is 0 Å². The Balaban J connectivity index is 2.21. The fourth-order valence-electron chi connectivity index (χ4n) is 2.05. The molecule has 0 spiro atoms. The van der Waals surface area contributed by atoms with E-state index in [1.807, 2.05) is 0 Å². The highest BCUT2D eigenvalue weighted by atomic mass is 35.7. The zero-order valence-electron chi connectivity index (χ0n) is 11.3. The van der Waals surface area contributed by atoms with Crippen LogP contribution in [0.15, 0.2) is 17.0 Å². The number of rotatable bonds is 4. The number of ether oxygens (including phenoxy) is 2. The summed E-state index contributed by atoms with van der Waals surface area (Å²) in [5, 5.41) is 0. The maximum absolute atomic E-state index is 14.0. The molecule has 2 rings (SSSR count). The minimum atomic E-state index is -4.06. The lowest BCUT2D eigenvalue weighted by Crippen LogP contribution is -2.19. The highest BCUT2D eigenvalue weighted by Gasteiger charge is 2.23. The molecular formula is C13H14ClFO5S. The van der Waals surface area contributed by atoms with E-state index in [2.05, 4.69) is 0 Å². The van der Waals surface area contributed by atoms with Gasteiger partial charge in [-0.3, -0.25) is 0 Å². The van der Waals surface area contributed by atoms with Gasteiger partial charge in [0.2, 0.25) is 0 Å². The number of esters is 1. The van der Waals surface area contributed by atoms with Gasteiger partial charge in [0.15, 0.2) is 0 Å². The van der Waals surface area contributed by atoms with Gasteiger partial charge in [-0.2, -0.15) is 0 Å². The van der Waals surface area contributed by atoms with Crippen LogP contribution in [-0.4, -0.2) is 33.7 Å². The first-order valence-corrected chi connectivity index (χ1v) is 8.63. The Bertz CT molecular complexity index is 653. The molecule has 0 N–H and O–H groups in total. The topological polar surface area (TPSA) is 69.7 Å². The lowest BCUT2D eigenvalue weighted by Gasteiger charge is -2.12. The highest BCUT2D eigenvalue weighted by Crippen LogP contribution is 2.23. The number of hydrogen-bond acceptors (Lipinski definition) is 5. The molecule has 0 saturated carbocycles. The van der Waals surface area contributed by atoms with E-state index in [9.17, 15) is 17.6 Å². The molecule has 1 saturated heterocycles. The van der Waals surface area contributed by atoms with E-state index in [4.69, 9.17) is 20.2 Å². The van der Waals surface area contributed by atoms with Crippen molar-refractivity contribution < 1.29 is 27.1 Å². The van der Waals surface area contributed by atoms with Gasteiger partial charge < -0.3 is 9.47 Å². The first-order valence-electron chi connectivity index (χ1n) is 6.32. The van der Waals surface area contributed by atoms with Crippen molar-refractivity contribution >= 4 is 25.7 Å². The number of benzene rings is 1. The van der Waals surface area contributed by atoms with Crippen LogP contribution in [-0.2, 0) is 18.5 Å². The van der Waals surface area contributed by atoms with Gasteiger partial charge in [-0.05, 0) is 37.5 Å². The van der Waals surface area contributed by atoms with Crippen molar-refractivity contribution in [3.8, 4) is 0 Å². The van der Waals surface area contributed by atoms with Crippen LogP contribution in [0, 0.1) is 12.7 Å². The van der Waals surface area contributed by atoms with Crippen LogP contribution in [0.25, 0.3) is 0 Å². The molecule has 0 amide bonds. The monoisotopic (exact) mass is 336 g/mol. The molecular weight excluding hydrogens is 323 g/mol. The van der Waals surface area contributed by atoms with Gasteiger partial charge in [0.25, 0.3) is 9.05 Å². The van der Waals surface area contributed by atoms with Crippen LogP contribution in [0.2, 0.25) is 0 Å². The second-order valence-electron chi connectivity index (χ2n) is 4.77. The third kappa shape index (κ3) is 3.93. The van der Waals surface area contributed by atoms with Crippen LogP contribution in [0.4, 0.5) is 4.39 Å². The van der Waals surface area contributed by atoms with E-state index in [1.165, 1.54) is 6.92 Å². The molecule has 1 aromatic rings. The highest BCUT2D eigenvalue weighted by molar-refractivity contribution is 8.13. The number of aryl methyl sites for hydroxylation is 1. The predicted octanol–water partition coefficient (Wildman–Crippen LogP) is 2.40. The van der Waals surface area contributed by atoms with Gasteiger partial charge in [-0.25, -0.2) is 17.6 Å². The molecule has 1 aliphatic rings. The minimum Gasteiger partial charge on any atom is -0.459 e. The van der Waals surface area contributed by atoms with Crippen molar-refractivity contribution in [3.05, 3.63) is 29.1 Å². The molecule has 116 valence electrons. The summed E-state index contributed by atoms with van der Waals surface area (Å²) in [6.45, 7) is 1.96. The average molecular weight is 337 g/mol. The van der Waals surface area contributed by atoms with Crippen LogP contribution in [0.1, 0.15) is 28.8 Å². The van der Waals surface area contributed by atoms with E-state index in [-0.39, 0.29) is 23.2 Å². The van der Waals surface area contributed by atoms with E-state index in [0.29, 0.717) is 6.61 Å². The average Bonchev–Trinajstić information content (AvgIpc) is 2.91. The molecule has 1 aliphatic heterocycles. The van der Waals surface area contributed by atoms with E-state index >= 15 is 0 Å². The Morgan fingerprint density at radius 2 is 2.24 bits per heavy atom. The Hall–Kier alpha value is -1.18. The summed E-state index contributed by atoms with van der Waals surface area (Å²) in [5.41, 5.74) is -0.451. The summed E-state index contributed by atoms with van der Waals surface area (Å²) in [5.74, 6) is -1.76. The van der Waals surface area contributed by atoms with Crippen LogP contribution in [0.5, 0.6) is 0 Å². The molecule has 1 fully saturated rings. The van der Waals surface area contributed by atoms with Crippen molar-refractivity contribution in [1.82, 2.24) is 0 Å². The Morgan fingerprint density at radius 1 is 1.52 bits per heavy atom. The van der Waals surface area contributed by atoms with Gasteiger partial charge in [0.05, 0.1) is 16.6 Å². The first-order chi connectivity index (χ1) is 9.79. The van der Waals surface area contributed by atoms with Crippen LogP contribution < -0.4 is 0 Å². The van der Waals surface area contributed by atoms with Crippen molar-refractivity contribution in [2.75, 3.05) is 13.2 Å². The van der Waals surface area contributed by atoms with Gasteiger partial charge in [0.1, 0.15) is 12.4 Å². The van der Waals surface area contributed by atoms with Gasteiger partial charge in [0, 0.05) is 17.3 Å². The van der Waals surface area contributed by atoms with Crippen molar-refractivity contribution in [2.24, 2.45) is 0 Å². The molecule has 0 bridgehead atoms. The fraction of sp³-hybridized carbons (Fsp3) is 0.462. The van der Waals surface area contributed by atoms with Crippen LogP contribution >= 0.6 is 10.7 Å². The second-order valence-corrected chi connectivity index (χ2v) is 7.34. The fourth-order valence-corrected chi connectivity index (χ4v) is 2.89. The van der Waals surface area contributed by atoms with E-state index in [0.717, 1.165) is 25.0 Å². The summed E-state index contributed by atoms with van der Waals surface area (Å²) >= 11 is 0. The molecule has 21 heavy (non-hydrogen) atoms. The SMILES string of the molecule is Cc1cc(S(=O)(=O)Cl)cc(C(=O)OCC2CCCO2)c1F. The molecule has 1 heterocycles. The lowest BCUT2D eigenvalue weighted by atomic mass is 10.1. The quantitative estimate of drug-likeness (QED) is 0.623. The molecule has 8 heteroatoms. The molecule has 5 nitrogen and oxygen atoms in total. The number of carbonyl (C=O) groups excluding carboxylic acids is 1. The zero-order valence-corrected chi connectivity index (χ0v) is 12.8. The number of halogens is 2. The van der Waals surface area contributed by atoms with Crippen molar-refractivity contribution in [3.63, 3.8) is 0 Å². The number of carbonyl (C=O) groups is 1. The smallest absolute Gasteiger partial charge is 0.341 e. The van der Waals surface area contributed by atoms with Crippen LogP contribution in [0.3, 0.4) is 0 Å². The zero-order chi connectivity index (χ0) is 15.6. The summed E-state index contributed by atoms with van der Waals surface area (Å²) < 4.78 is 46.8. The normalized spacial score (nSPS) is 18.7. The van der Waals surface area contributed by atoms with Gasteiger partial charge >= 0.3 is 5.97 Å². The summed E-state index contributed by atoms with van der Waals surface area (Å²) in [4.78, 5) is 11.6. The maximum Gasteiger partial charge on any atom is 0.341 e. The van der Waals surface area contributed by atoms with E-state index < -0.39 is 26.4 Å². The Morgan fingerprint density at radius 3 is 2.81 bits per heavy atom. The largest absolute Gasteiger partial charge is 0.459 e. The summed E-state index contributed by atoms with van der Waals surface area (Å²) in [6.07, 6.45) is 1.46. The third-order valence-corrected chi connectivity index (χ3v) is 4.49. The standard InChI is InChI=1S/C13H14ClFO5S/c1-8-5-10(21(14,17)18)6-11(12(8)15)13(16)20-7-9-3-2-4-19-9/h5-6,9H,2-4,7H2,1H3. The summed E-state index contributed by atoms with van der Waals surface area (Å²) in [6, 6.07) is 1.94. The molecule has 0 aromatic heterocycles. The van der Waals surface area contributed by atoms with Crippen molar-refractivity contribution in [1.29, 1.82) is 0 Å². The molecule has 1 unspecified atom stereocenters. The second kappa shape index (κ2) is 6.29. The molecule has 1 atom stereocenters. The number of hydrogen-bond donors (Lipinski definition) is 0. The molecule has 0 radical (unpaired) electrons. The molecule has 0 aliphatic carbocycles. The van der Waals surface area contributed by atoms with Gasteiger partial charge in [-0.15, -0.1) is 0 Å². The predicted molar refractivity (Wildman–Crippen MR) is 73.4 cm³/mol. The third-order valence-electron chi connectivity index (χ3n) is 3.15.